The predicted molar refractivity (Wildman–Crippen MR) is 151 cm³/mol. The van der Waals surface area contributed by atoms with E-state index in [4.69, 9.17) is 4.98 Å². The van der Waals surface area contributed by atoms with Crippen LogP contribution in [0.25, 0.3) is 10.9 Å². The predicted octanol–water partition coefficient (Wildman–Crippen LogP) is 3.61. The van der Waals surface area contributed by atoms with Gasteiger partial charge in [-0.1, -0.05) is 12.1 Å². The van der Waals surface area contributed by atoms with Crippen LogP contribution in [0.1, 0.15) is 51.3 Å². The maximum atomic E-state index is 14.3. The quantitative estimate of drug-likeness (QED) is 0.331. The number of sulfonamides is 1. The Morgan fingerprint density at radius 3 is 2.46 bits per heavy atom. The Morgan fingerprint density at radius 2 is 1.76 bits per heavy atom. The highest BCUT2D eigenvalue weighted by molar-refractivity contribution is 7.89. The van der Waals surface area contributed by atoms with Gasteiger partial charge in [0.2, 0.25) is 21.9 Å². The summed E-state index contributed by atoms with van der Waals surface area (Å²) in [6, 6.07) is 8.99. The van der Waals surface area contributed by atoms with E-state index >= 15 is 0 Å². The van der Waals surface area contributed by atoms with E-state index in [1.807, 2.05) is 22.6 Å². The van der Waals surface area contributed by atoms with Gasteiger partial charge in [0.1, 0.15) is 5.82 Å². The summed E-state index contributed by atoms with van der Waals surface area (Å²) in [6.07, 6.45) is 0.809. The van der Waals surface area contributed by atoms with Crippen molar-refractivity contribution in [1.29, 1.82) is 0 Å². The largest absolute Gasteiger partial charge is 0.377 e. The third-order valence-electron chi connectivity index (χ3n) is 6.99. The monoisotopic (exact) mass is 582 g/mol. The van der Waals surface area contributed by atoms with Gasteiger partial charge in [0, 0.05) is 31.3 Å². The Kier molecular flexibility index (Phi) is 7.02. The number of halogens is 2. The molecule has 5 rings (SSSR count). The van der Waals surface area contributed by atoms with Crippen LogP contribution in [0.5, 0.6) is 0 Å². The van der Waals surface area contributed by atoms with Gasteiger partial charge in [-0.2, -0.15) is 4.39 Å². The zero-order chi connectivity index (χ0) is 29.8. The molecular weight excluding hydrogens is 554 g/mol. The van der Waals surface area contributed by atoms with E-state index < -0.39 is 33.6 Å². The van der Waals surface area contributed by atoms with Crippen LogP contribution in [0, 0.1) is 25.6 Å². The average molecular weight is 583 g/mol. The molecule has 13 heteroatoms. The Morgan fingerprint density at radius 1 is 1.05 bits per heavy atom. The first-order chi connectivity index (χ1) is 19.2. The molecule has 3 heterocycles. The fourth-order valence-electron chi connectivity index (χ4n) is 5.06. The number of fused-ring (bicyclic) bond motifs is 2. The smallest absolute Gasteiger partial charge is 0.285 e. The van der Waals surface area contributed by atoms with E-state index in [2.05, 4.69) is 10.3 Å². The summed E-state index contributed by atoms with van der Waals surface area (Å²) < 4.78 is 54.8. The van der Waals surface area contributed by atoms with Crippen molar-refractivity contribution in [1.82, 2.24) is 19.3 Å². The van der Waals surface area contributed by atoms with E-state index in [1.165, 1.54) is 29.7 Å². The number of rotatable bonds is 6. The molecule has 4 aromatic rings. The molecule has 41 heavy (non-hydrogen) atoms. The topological polar surface area (TPSA) is 126 Å². The lowest BCUT2D eigenvalue weighted by atomic mass is 10.0. The number of benzene rings is 2. The zero-order valence-corrected chi connectivity index (χ0v) is 23.9. The van der Waals surface area contributed by atoms with Gasteiger partial charge >= 0.3 is 0 Å². The highest BCUT2D eigenvalue weighted by Crippen LogP contribution is 2.31. The number of carbonyl (C=O) groups excluding carboxylic acids is 1. The number of pyridine rings is 1. The van der Waals surface area contributed by atoms with Crippen molar-refractivity contribution in [2.24, 2.45) is 7.05 Å². The van der Waals surface area contributed by atoms with Crippen molar-refractivity contribution < 1.29 is 22.0 Å². The van der Waals surface area contributed by atoms with Crippen LogP contribution in [0.2, 0.25) is 0 Å². The second-order valence-electron chi connectivity index (χ2n) is 10.4. The van der Waals surface area contributed by atoms with Crippen LogP contribution in [-0.4, -0.2) is 35.1 Å². The van der Waals surface area contributed by atoms with E-state index in [1.54, 1.807) is 26.1 Å². The van der Waals surface area contributed by atoms with Crippen molar-refractivity contribution in [3.8, 4) is 0 Å². The summed E-state index contributed by atoms with van der Waals surface area (Å²) in [5, 5.41) is 3.52. The van der Waals surface area contributed by atoms with E-state index in [-0.39, 0.29) is 22.6 Å². The molecule has 0 saturated heterocycles. The van der Waals surface area contributed by atoms with Gasteiger partial charge < -0.3 is 10.2 Å². The van der Waals surface area contributed by atoms with E-state index in [0.717, 1.165) is 22.9 Å². The first kappa shape index (κ1) is 28.1. The van der Waals surface area contributed by atoms with Gasteiger partial charge in [-0.05, 0) is 61.7 Å². The molecule has 0 radical (unpaired) electrons. The Bertz CT molecular complexity index is 1910. The highest BCUT2D eigenvalue weighted by Gasteiger charge is 2.26. The first-order valence-electron chi connectivity index (χ1n) is 12.7. The molecule has 0 aliphatic carbocycles. The third-order valence-corrected chi connectivity index (χ3v) is 7.54. The number of carbonyl (C=O) groups is 1. The molecule has 0 saturated carbocycles. The third kappa shape index (κ3) is 5.49. The summed E-state index contributed by atoms with van der Waals surface area (Å²) in [7, 11) is -2.30. The van der Waals surface area contributed by atoms with Gasteiger partial charge in [0.25, 0.3) is 11.5 Å². The number of aryl methyl sites for hydroxylation is 2. The Labute approximate surface area is 235 Å². The van der Waals surface area contributed by atoms with E-state index in [9.17, 15) is 26.8 Å². The summed E-state index contributed by atoms with van der Waals surface area (Å²) in [4.78, 5) is 36.7. The molecule has 214 valence electrons. The number of anilines is 2. The van der Waals surface area contributed by atoms with Gasteiger partial charge in [0.15, 0.2) is 5.69 Å². The van der Waals surface area contributed by atoms with Crippen molar-refractivity contribution in [2.45, 2.75) is 39.9 Å². The Balaban J connectivity index is 1.58. The number of hydrogen-bond acceptors (Lipinski definition) is 8. The van der Waals surface area contributed by atoms with Crippen LogP contribution in [0.15, 0.2) is 41.2 Å². The number of nitrogens with zero attached hydrogens (tertiary/aromatic N) is 4. The molecule has 2 aromatic heterocycles. The molecule has 0 bridgehead atoms. The molecule has 1 aliphatic rings. The van der Waals surface area contributed by atoms with E-state index in [0.29, 0.717) is 35.5 Å². The summed E-state index contributed by atoms with van der Waals surface area (Å²) in [5.41, 5.74) is 3.14. The summed E-state index contributed by atoms with van der Waals surface area (Å²) >= 11 is 0. The van der Waals surface area contributed by atoms with Crippen LogP contribution < -0.4 is 20.5 Å². The molecule has 0 spiro atoms. The molecule has 2 N–H and O–H groups in total. The van der Waals surface area contributed by atoms with Gasteiger partial charge in [-0.3, -0.25) is 14.2 Å². The minimum Gasteiger partial charge on any atom is -0.377 e. The molecule has 1 atom stereocenters. The van der Waals surface area contributed by atoms with Crippen molar-refractivity contribution >= 4 is 38.5 Å². The number of amides is 1. The molecular formula is C28H28F2N6O4S. The molecule has 0 unspecified atom stereocenters. The maximum Gasteiger partial charge on any atom is 0.285 e. The highest BCUT2D eigenvalue weighted by atomic mass is 32.2. The minimum absolute atomic E-state index is 0.105. The normalized spacial score (nSPS) is 13.8. The maximum absolute atomic E-state index is 14.3. The van der Waals surface area contributed by atoms with Crippen LogP contribution in [0.4, 0.5) is 20.4 Å². The second kappa shape index (κ2) is 10.2. The van der Waals surface area contributed by atoms with Crippen molar-refractivity contribution in [3.63, 3.8) is 0 Å². The molecule has 2 aromatic carbocycles. The van der Waals surface area contributed by atoms with Gasteiger partial charge in [-0.25, -0.2) is 27.5 Å². The summed E-state index contributed by atoms with van der Waals surface area (Å²) in [5.74, 6) is -1.93. The average Bonchev–Trinajstić information content (AvgIpc) is 3.29. The molecule has 1 aliphatic heterocycles. The fourth-order valence-corrected chi connectivity index (χ4v) is 5.49. The lowest BCUT2D eigenvalue weighted by Gasteiger charge is -2.23. The lowest BCUT2D eigenvalue weighted by molar-refractivity contribution is 0.0976. The second-order valence-corrected chi connectivity index (χ2v) is 12.1. The lowest BCUT2D eigenvalue weighted by Crippen LogP contribution is -2.31. The fraction of sp³-hybridized carbons (Fsp3) is 0.286. The SMILES string of the molecule is Cc1cc([C@H](C)Nc2cc(C)c(F)nc2C(=O)NS(C)(=O)=O)c2nc(N3Cc4ccc(F)cc4C3)n(C)c(=O)c2c1. The van der Waals surface area contributed by atoms with Crippen molar-refractivity contribution in [3.05, 3.63) is 92.0 Å². The van der Waals surface area contributed by atoms with Crippen LogP contribution in [-0.2, 0) is 30.2 Å². The van der Waals surface area contributed by atoms with Crippen molar-refractivity contribution in [2.75, 3.05) is 16.5 Å². The minimum atomic E-state index is -3.93. The molecule has 10 nitrogen and oxygen atoms in total. The standard InChI is InChI=1S/C28H28F2N6O4S/c1-14-8-20(16(3)31-22-10-15(2)25(30)32-24(22)26(37)34-41(5,39)40)23-21(9-14)27(38)35(4)28(33-23)36-12-17-6-7-19(29)11-18(17)13-36/h6-11,16,31H,12-13H2,1-5H3,(H,34,37)/t16-/m0/s1. The number of nitrogens with one attached hydrogen (secondary N) is 2. The van der Waals surface area contributed by atoms with Gasteiger partial charge in [0.05, 0.1) is 28.9 Å². The van der Waals surface area contributed by atoms with Crippen LogP contribution >= 0.6 is 0 Å². The van der Waals surface area contributed by atoms with Crippen LogP contribution in [0.3, 0.4) is 0 Å². The number of aromatic nitrogens is 3. The Hall–Kier alpha value is -4.39. The first-order valence-corrected chi connectivity index (χ1v) is 14.6. The number of hydrogen-bond donors (Lipinski definition) is 2. The zero-order valence-electron chi connectivity index (χ0n) is 23.0. The molecule has 0 fully saturated rings. The summed E-state index contributed by atoms with van der Waals surface area (Å²) in [6.45, 7) is 5.92. The van der Waals surface area contributed by atoms with Gasteiger partial charge in [-0.15, -0.1) is 0 Å². The molecule has 1 amide bonds.